The normalized spacial score (nSPS) is 16.1. The van der Waals surface area contributed by atoms with Gasteiger partial charge in [-0.15, -0.1) is 10.2 Å². The van der Waals surface area contributed by atoms with Crippen LogP contribution in [0.3, 0.4) is 0 Å². The van der Waals surface area contributed by atoms with Crippen LogP contribution in [0.4, 0.5) is 5.69 Å². The third-order valence-electron chi connectivity index (χ3n) is 5.23. The van der Waals surface area contributed by atoms with Crippen LogP contribution in [0.15, 0.2) is 29.5 Å². The zero-order valence-corrected chi connectivity index (χ0v) is 18.2. The summed E-state index contributed by atoms with van der Waals surface area (Å²) in [4.78, 5) is 4.71. The van der Waals surface area contributed by atoms with E-state index in [0.717, 1.165) is 68.1 Å². The summed E-state index contributed by atoms with van der Waals surface area (Å²) in [6, 6.07) is 5.85. The van der Waals surface area contributed by atoms with E-state index >= 15 is 0 Å². The largest absolute Gasteiger partial charge is 0.490 e. The third-order valence-corrected chi connectivity index (χ3v) is 5.23. The van der Waals surface area contributed by atoms with Crippen LogP contribution < -0.4 is 20.1 Å². The van der Waals surface area contributed by atoms with E-state index in [0.29, 0.717) is 25.7 Å². The molecule has 2 heterocycles. The summed E-state index contributed by atoms with van der Waals surface area (Å²) in [7, 11) is 0. The van der Waals surface area contributed by atoms with E-state index in [2.05, 4.69) is 27.8 Å². The lowest BCUT2D eigenvalue weighted by Gasteiger charge is -2.15. The van der Waals surface area contributed by atoms with Crippen LogP contribution >= 0.6 is 0 Å². The molecule has 1 aromatic heterocycles. The molecule has 168 valence electrons. The second-order valence-corrected chi connectivity index (χ2v) is 7.83. The molecule has 1 fully saturated rings. The van der Waals surface area contributed by atoms with E-state index in [-0.39, 0.29) is 0 Å². The van der Waals surface area contributed by atoms with Gasteiger partial charge in [0, 0.05) is 44.5 Å². The molecule has 0 spiro atoms. The van der Waals surface area contributed by atoms with Gasteiger partial charge >= 0.3 is 0 Å². The van der Waals surface area contributed by atoms with E-state index < -0.39 is 0 Å². The van der Waals surface area contributed by atoms with Crippen molar-refractivity contribution in [3.63, 3.8) is 0 Å². The Morgan fingerprint density at radius 3 is 2.97 bits per heavy atom. The van der Waals surface area contributed by atoms with Gasteiger partial charge in [-0.3, -0.25) is 0 Å². The molecule has 1 aliphatic carbocycles. The average Bonchev–Trinajstić information content (AvgIpc) is 3.55. The van der Waals surface area contributed by atoms with Crippen molar-refractivity contribution in [3.8, 4) is 11.5 Å². The van der Waals surface area contributed by atoms with E-state index in [9.17, 15) is 0 Å². The minimum atomic E-state index is 0.436. The van der Waals surface area contributed by atoms with Gasteiger partial charge in [-0.05, 0) is 44.2 Å². The van der Waals surface area contributed by atoms with E-state index in [1.54, 1.807) is 6.33 Å². The lowest BCUT2D eigenvalue weighted by Crippen LogP contribution is -2.32. The number of hydrogen-bond acceptors (Lipinski definition) is 6. The number of nitrogens with zero attached hydrogens (tertiary/aromatic N) is 4. The first-order valence-corrected chi connectivity index (χ1v) is 11.2. The van der Waals surface area contributed by atoms with Crippen LogP contribution in [0.25, 0.3) is 0 Å². The molecule has 4 rings (SSSR count). The molecular formula is C22H32N6O3. The Hall–Kier alpha value is -2.81. The van der Waals surface area contributed by atoms with Crippen molar-refractivity contribution in [1.29, 1.82) is 0 Å². The first-order chi connectivity index (χ1) is 15.3. The number of benzene rings is 1. The average molecular weight is 429 g/mol. The summed E-state index contributed by atoms with van der Waals surface area (Å²) < 4.78 is 19.2. The SMILES string of the molecule is CCn1cnnc1CN=C(NCCCOCC1CC1)Nc1ccc2c(c1)OCCCO2. The summed E-state index contributed by atoms with van der Waals surface area (Å²) in [6.07, 6.45) is 6.16. The number of aromatic nitrogens is 3. The molecule has 31 heavy (non-hydrogen) atoms. The highest BCUT2D eigenvalue weighted by molar-refractivity contribution is 5.93. The van der Waals surface area contributed by atoms with Gasteiger partial charge in [0.1, 0.15) is 12.9 Å². The number of fused-ring (bicyclic) bond motifs is 1. The van der Waals surface area contributed by atoms with Crippen LogP contribution in [0, 0.1) is 5.92 Å². The molecule has 0 unspecified atom stereocenters. The number of aliphatic imine (C=N–C) groups is 1. The summed E-state index contributed by atoms with van der Waals surface area (Å²) in [5.74, 6) is 3.83. The predicted molar refractivity (Wildman–Crippen MR) is 119 cm³/mol. The van der Waals surface area contributed by atoms with E-state index in [4.69, 9.17) is 19.2 Å². The van der Waals surface area contributed by atoms with Crippen LogP contribution in [0.5, 0.6) is 11.5 Å². The minimum absolute atomic E-state index is 0.436. The van der Waals surface area contributed by atoms with Crippen molar-refractivity contribution in [2.45, 2.75) is 45.7 Å². The molecule has 0 bridgehead atoms. The molecule has 1 saturated carbocycles. The maximum atomic E-state index is 5.81. The molecule has 0 radical (unpaired) electrons. The van der Waals surface area contributed by atoms with Gasteiger partial charge in [-0.1, -0.05) is 0 Å². The first kappa shape index (κ1) is 21.4. The highest BCUT2D eigenvalue weighted by Gasteiger charge is 2.20. The predicted octanol–water partition coefficient (Wildman–Crippen LogP) is 2.83. The second-order valence-electron chi connectivity index (χ2n) is 7.83. The molecule has 0 atom stereocenters. The Morgan fingerprint density at radius 1 is 1.26 bits per heavy atom. The monoisotopic (exact) mass is 428 g/mol. The van der Waals surface area contributed by atoms with Crippen LogP contribution in [0.1, 0.15) is 38.4 Å². The summed E-state index contributed by atoms with van der Waals surface area (Å²) in [5.41, 5.74) is 0.887. The highest BCUT2D eigenvalue weighted by Crippen LogP contribution is 2.32. The number of aryl methyl sites for hydroxylation is 1. The molecule has 9 nitrogen and oxygen atoms in total. The van der Waals surface area contributed by atoms with Gasteiger partial charge in [0.2, 0.25) is 0 Å². The number of ether oxygens (including phenoxy) is 3. The maximum absolute atomic E-state index is 5.81. The first-order valence-electron chi connectivity index (χ1n) is 11.2. The fraction of sp³-hybridized carbons (Fsp3) is 0.591. The lowest BCUT2D eigenvalue weighted by atomic mass is 10.2. The molecular weight excluding hydrogens is 396 g/mol. The van der Waals surface area contributed by atoms with Crippen LogP contribution in [0.2, 0.25) is 0 Å². The summed E-state index contributed by atoms with van der Waals surface area (Å²) >= 11 is 0. The van der Waals surface area contributed by atoms with Crippen LogP contribution in [-0.4, -0.2) is 53.7 Å². The highest BCUT2D eigenvalue weighted by atomic mass is 16.5. The van der Waals surface area contributed by atoms with Crippen molar-refractivity contribution in [2.24, 2.45) is 10.9 Å². The molecule has 2 N–H and O–H groups in total. The second kappa shape index (κ2) is 11.0. The smallest absolute Gasteiger partial charge is 0.196 e. The summed E-state index contributed by atoms with van der Waals surface area (Å²) in [6.45, 7) is 7.06. The molecule has 0 amide bonds. The zero-order valence-electron chi connectivity index (χ0n) is 18.2. The van der Waals surface area contributed by atoms with Gasteiger partial charge in [-0.2, -0.15) is 0 Å². The van der Waals surface area contributed by atoms with Gasteiger partial charge in [-0.25, -0.2) is 4.99 Å². The topological polar surface area (TPSA) is 94.8 Å². The Balaban J connectivity index is 1.37. The Labute approximate surface area is 183 Å². The number of rotatable bonds is 10. The molecule has 9 heteroatoms. The van der Waals surface area contributed by atoms with E-state index in [1.165, 1.54) is 12.8 Å². The molecule has 1 aliphatic heterocycles. The quantitative estimate of drug-likeness (QED) is 0.341. The minimum Gasteiger partial charge on any atom is -0.490 e. The fourth-order valence-corrected chi connectivity index (χ4v) is 3.25. The van der Waals surface area contributed by atoms with Crippen molar-refractivity contribution in [3.05, 3.63) is 30.4 Å². The van der Waals surface area contributed by atoms with Gasteiger partial charge in [0.05, 0.1) is 13.2 Å². The Kier molecular flexibility index (Phi) is 7.60. The summed E-state index contributed by atoms with van der Waals surface area (Å²) in [5, 5.41) is 14.9. The number of hydrogen-bond donors (Lipinski definition) is 2. The Morgan fingerprint density at radius 2 is 2.13 bits per heavy atom. The zero-order chi connectivity index (χ0) is 21.3. The van der Waals surface area contributed by atoms with E-state index in [1.807, 2.05) is 22.8 Å². The van der Waals surface area contributed by atoms with Gasteiger partial charge in [0.15, 0.2) is 23.3 Å². The van der Waals surface area contributed by atoms with Gasteiger partial charge in [0.25, 0.3) is 0 Å². The molecule has 2 aliphatic rings. The molecule has 2 aromatic rings. The number of guanidine groups is 1. The van der Waals surface area contributed by atoms with Crippen molar-refractivity contribution < 1.29 is 14.2 Å². The fourth-order valence-electron chi connectivity index (χ4n) is 3.25. The standard InChI is InChI=1S/C22H32N6O3/c1-2-28-16-25-27-21(28)14-24-22(23-9-3-10-29-15-17-5-6-17)26-18-7-8-19-20(13-18)31-12-4-11-30-19/h7-8,13,16-17H,2-6,9-12,14-15H2,1H3,(H2,23,24,26). The third kappa shape index (κ3) is 6.58. The van der Waals surface area contributed by atoms with Crippen LogP contribution in [-0.2, 0) is 17.8 Å². The number of nitrogens with one attached hydrogen (secondary N) is 2. The lowest BCUT2D eigenvalue weighted by molar-refractivity contribution is 0.123. The molecule has 1 aromatic carbocycles. The van der Waals surface area contributed by atoms with Crippen molar-refractivity contribution in [1.82, 2.24) is 20.1 Å². The Bertz CT molecular complexity index is 865. The maximum Gasteiger partial charge on any atom is 0.196 e. The number of anilines is 1. The van der Waals surface area contributed by atoms with Crippen molar-refractivity contribution >= 4 is 11.6 Å². The van der Waals surface area contributed by atoms with Gasteiger partial charge < -0.3 is 29.4 Å². The van der Waals surface area contributed by atoms with Crippen molar-refractivity contribution in [2.75, 3.05) is 38.3 Å². The molecule has 0 saturated heterocycles.